The highest BCUT2D eigenvalue weighted by Crippen LogP contribution is 2.27. The summed E-state index contributed by atoms with van der Waals surface area (Å²) >= 11 is 0. The Morgan fingerprint density at radius 2 is 1.58 bits per heavy atom. The average Bonchev–Trinajstić information content (AvgIpc) is 2.63. The summed E-state index contributed by atoms with van der Waals surface area (Å²) in [5.41, 5.74) is 4.70. The van der Waals surface area contributed by atoms with Gasteiger partial charge in [-0.2, -0.15) is 0 Å². The molecule has 1 heterocycles. The largest absolute Gasteiger partial charge is 0.327 e. The minimum absolute atomic E-state index is 0.122. The molecule has 0 fully saturated rings. The van der Waals surface area contributed by atoms with E-state index in [1.807, 2.05) is 62.4 Å². The van der Waals surface area contributed by atoms with Gasteiger partial charge in [0.05, 0.1) is 6.04 Å². The van der Waals surface area contributed by atoms with Gasteiger partial charge in [-0.25, -0.2) is 4.79 Å². The second kappa shape index (κ2) is 7.40. The summed E-state index contributed by atoms with van der Waals surface area (Å²) in [6.45, 7) is 4.03. The Morgan fingerprint density at radius 1 is 1.00 bits per heavy atom. The van der Waals surface area contributed by atoms with Gasteiger partial charge in [0.15, 0.2) is 5.78 Å². The number of rotatable bonds is 4. The number of carbonyl (C=O) groups excluding carboxylic acids is 2. The van der Waals surface area contributed by atoms with Gasteiger partial charge in [-0.3, -0.25) is 4.79 Å². The molecular weight excluding hydrogens is 324 g/mol. The third-order valence-electron chi connectivity index (χ3n) is 4.43. The van der Waals surface area contributed by atoms with Gasteiger partial charge in [0.2, 0.25) is 0 Å². The van der Waals surface area contributed by atoms with Crippen LogP contribution >= 0.6 is 0 Å². The van der Waals surface area contributed by atoms with Crippen LogP contribution in [0.25, 0.3) is 6.08 Å². The molecule has 2 aromatic rings. The number of nitrogens with one attached hydrogen (secondary N) is 1. The van der Waals surface area contributed by atoms with Crippen molar-refractivity contribution in [2.24, 2.45) is 0 Å². The van der Waals surface area contributed by atoms with Crippen LogP contribution in [0.3, 0.4) is 0 Å². The van der Waals surface area contributed by atoms with Gasteiger partial charge in [0.25, 0.3) is 0 Å². The van der Waals surface area contributed by atoms with Crippen molar-refractivity contribution < 1.29 is 9.59 Å². The van der Waals surface area contributed by atoms with Gasteiger partial charge in [0, 0.05) is 18.8 Å². The maximum absolute atomic E-state index is 12.8. The van der Waals surface area contributed by atoms with Crippen LogP contribution in [-0.2, 0) is 4.79 Å². The SMILES string of the molecule is Cc1ccc(/C=C/C(=O)C2=CN(C)C(=O)N[C@H]2c2ccc(C)cc2)cc1. The van der Waals surface area contributed by atoms with E-state index in [0.717, 1.165) is 16.7 Å². The van der Waals surface area contributed by atoms with Crippen molar-refractivity contribution >= 4 is 17.9 Å². The summed E-state index contributed by atoms with van der Waals surface area (Å²) in [6, 6.07) is 15.1. The third-order valence-corrected chi connectivity index (χ3v) is 4.43. The molecule has 2 amide bonds. The van der Waals surface area contributed by atoms with Gasteiger partial charge in [-0.1, -0.05) is 65.7 Å². The van der Waals surface area contributed by atoms with Crippen molar-refractivity contribution in [3.63, 3.8) is 0 Å². The summed E-state index contributed by atoms with van der Waals surface area (Å²) < 4.78 is 0. The van der Waals surface area contributed by atoms with Crippen LogP contribution in [0.15, 0.2) is 66.4 Å². The number of hydrogen-bond acceptors (Lipinski definition) is 2. The first kappa shape index (κ1) is 17.7. The van der Waals surface area contributed by atoms with Crippen LogP contribution < -0.4 is 5.32 Å². The van der Waals surface area contributed by atoms with E-state index in [1.165, 1.54) is 10.5 Å². The van der Waals surface area contributed by atoms with Crippen molar-refractivity contribution in [3.05, 3.63) is 88.6 Å². The zero-order chi connectivity index (χ0) is 18.7. The molecular formula is C22H22N2O2. The molecule has 0 spiro atoms. The quantitative estimate of drug-likeness (QED) is 0.845. The molecule has 1 N–H and O–H groups in total. The highest BCUT2D eigenvalue weighted by Gasteiger charge is 2.29. The topological polar surface area (TPSA) is 49.4 Å². The Balaban J connectivity index is 1.89. The summed E-state index contributed by atoms with van der Waals surface area (Å²) in [5, 5.41) is 2.90. The highest BCUT2D eigenvalue weighted by atomic mass is 16.2. The monoisotopic (exact) mass is 346 g/mol. The van der Waals surface area contributed by atoms with Gasteiger partial charge in [-0.15, -0.1) is 0 Å². The Bertz CT molecular complexity index is 877. The van der Waals surface area contributed by atoms with E-state index in [9.17, 15) is 9.59 Å². The summed E-state index contributed by atoms with van der Waals surface area (Å²) in [5.74, 6) is -0.122. The number of carbonyl (C=O) groups is 2. The highest BCUT2D eigenvalue weighted by molar-refractivity contribution is 6.08. The molecule has 4 nitrogen and oxygen atoms in total. The first-order valence-electron chi connectivity index (χ1n) is 8.55. The number of aryl methyl sites for hydroxylation is 2. The van der Waals surface area contributed by atoms with Gasteiger partial charge >= 0.3 is 6.03 Å². The maximum Gasteiger partial charge on any atom is 0.321 e. The van der Waals surface area contributed by atoms with E-state index in [1.54, 1.807) is 25.4 Å². The number of amides is 2. The Kier molecular flexibility index (Phi) is 5.03. The molecule has 1 aliphatic rings. The van der Waals surface area contributed by atoms with Crippen molar-refractivity contribution in [1.29, 1.82) is 0 Å². The summed E-state index contributed by atoms with van der Waals surface area (Å²) in [6.07, 6.45) is 4.97. The van der Waals surface area contributed by atoms with Gasteiger partial charge < -0.3 is 10.2 Å². The fourth-order valence-electron chi connectivity index (χ4n) is 2.82. The number of nitrogens with zero attached hydrogens (tertiary/aromatic N) is 1. The lowest BCUT2D eigenvalue weighted by Gasteiger charge is -2.29. The summed E-state index contributed by atoms with van der Waals surface area (Å²) in [4.78, 5) is 26.3. The maximum atomic E-state index is 12.8. The number of ketones is 1. The fourth-order valence-corrected chi connectivity index (χ4v) is 2.82. The van der Waals surface area contributed by atoms with E-state index in [4.69, 9.17) is 0 Å². The van der Waals surface area contributed by atoms with E-state index in [-0.39, 0.29) is 11.8 Å². The van der Waals surface area contributed by atoms with Gasteiger partial charge in [-0.05, 0) is 31.1 Å². The average molecular weight is 346 g/mol. The van der Waals surface area contributed by atoms with Crippen LogP contribution in [0.1, 0.15) is 28.3 Å². The Labute approximate surface area is 153 Å². The van der Waals surface area contributed by atoms with Crippen LogP contribution in [0, 0.1) is 13.8 Å². The van der Waals surface area contributed by atoms with Gasteiger partial charge in [0.1, 0.15) is 0 Å². The van der Waals surface area contributed by atoms with Crippen molar-refractivity contribution in [3.8, 4) is 0 Å². The fraction of sp³-hybridized carbons (Fsp3) is 0.182. The molecule has 0 aromatic heterocycles. The van der Waals surface area contributed by atoms with E-state index < -0.39 is 6.04 Å². The Morgan fingerprint density at radius 3 is 2.19 bits per heavy atom. The second-order valence-corrected chi connectivity index (χ2v) is 6.60. The normalized spacial score (nSPS) is 17.2. The molecule has 0 saturated carbocycles. The van der Waals surface area contributed by atoms with Crippen LogP contribution in [0.2, 0.25) is 0 Å². The number of urea groups is 1. The second-order valence-electron chi connectivity index (χ2n) is 6.60. The van der Waals surface area contributed by atoms with E-state index in [2.05, 4.69) is 5.32 Å². The number of benzene rings is 2. The molecule has 0 saturated heterocycles. The number of hydrogen-bond donors (Lipinski definition) is 1. The molecule has 0 unspecified atom stereocenters. The first-order chi connectivity index (χ1) is 12.4. The lowest BCUT2D eigenvalue weighted by atomic mass is 9.93. The van der Waals surface area contributed by atoms with Crippen molar-refractivity contribution in [2.75, 3.05) is 7.05 Å². The Hall–Kier alpha value is -3.14. The predicted octanol–water partition coefficient (Wildman–Crippen LogP) is 4.17. The zero-order valence-corrected chi connectivity index (χ0v) is 15.2. The van der Waals surface area contributed by atoms with Crippen LogP contribution in [-0.4, -0.2) is 23.8 Å². The minimum Gasteiger partial charge on any atom is -0.327 e. The van der Waals surface area contributed by atoms with Crippen molar-refractivity contribution in [2.45, 2.75) is 19.9 Å². The van der Waals surface area contributed by atoms with Crippen LogP contribution in [0.4, 0.5) is 4.79 Å². The first-order valence-corrected chi connectivity index (χ1v) is 8.55. The minimum atomic E-state index is -0.450. The van der Waals surface area contributed by atoms with E-state index in [0.29, 0.717) is 5.57 Å². The molecule has 26 heavy (non-hydrogen) atoms. The molecule has 1 atom stereocenters. The molecule has 4 heteroatoms. The number of allylic oxidation sites excluding steroid dienone is 1. The molecule has 1 aliphatic heterocycles. The lowest BCUT2D eigenvalue weighted by Crippen LogP contribution is -2.43. The van der Waals surface area contributed by atoms with Crippen molar-refractivity contribution in [1.82, 2.24) is 10.2 Å². The standard InChI is InChI=1S/C22H22N2O2/c1-15-4-8-17(9-5-15)10-13-20(25)19-14-24(3)22(26)23-21(19)18-11-6-16(2)7-12-18/h4-14,21H,1-3H3,(H,23,26)/b13-10+/t21-/m0/s1. The molecule has 0 bridgehead atoms. The molecule has 132 valence electrons. The van der Waals surface area contributed by atoms with E-state index >= 15 is 0 Å². The molecule has 0 aliphatic carbocycles. The molecule has 3 rings (SSSR count). The lowest BCUT2D eigenvalue weighted by molar-refractivity contribution is -0.111. The summed E-state index contributed by atoms with van der Waals surface area (Å²) in [7, 11) is 1.64. The molecule has 0 radical (unpaired) electrons. The third kappa shape index (κ3) is 3.91. The predicted molar refractivity (Wildman–Crippen MR) is 104 cm³/mol. The van der Waals surface area contributed by atoms with Crippen LogP contribution in [0.5, 0.6) is 0 Å². The smallest absolute Gasteiger partial charge is 0.321 e. The molecule has 2 aromatic carbocycles. The zero-order valence-electron chi connectivity index (χ0n) is 15.2.